The van der Waals surface area contributed by atoms with Crippen molar-refractivity contribution in [3.8, 4) is 0 Å². The number of carbonyl (C=O) groups is 2. The van der Waals surface area contributed by atoms with Gasteiger partial charge < -0.3 is 18.9 Å². The Kier molecular flexibility index (Phi) is 31.1. The molecule has 0 aromatic heterocycles. The summed E-state index contributed by atoms with van der Waals surface area (Å²) in [5, 5.41) is 0. The van der Waals surface area contributed by atoms with Gasteiger partial charge in [0, 0.05) is 12.8 Å². The second kappa shape index (κ2) is 32.6. The first-order chi connectivity index (χ1) is 24.0. The molecule has 9 nitrogen and oxygen atoms in total. The lowest BCUT2D eigenvalue weighted by Crippen LogP contribution is -2.37. The molecule has 1 N–H and O–H groups in total. The summed E-state index contributed by atoms with van der Waals surface area (Å²) >= 11 is 0. The van der Waals surface area contributed by atoms with Crippen LogP contribution < -0.4 is 0 Å². The topological polar surface area (TPSA) is 108 Å². The fourth-order valence-corrected chi connectivity index (χ4v) is 5.33. The Bertz CT molecular complexity index is 1040. The molecule has 0 heterocycles. The minimum atomic E-state index is -4.38. The third-order valence-electron chi connectivity index (χ3n) is 7.63. The van der Waals surface area contributed by atoms with Crippen LogP contribution in [0, 0.1) is 0 Å². The number of likely N-dealkylation sites (N-methyl/N-ethyl adjacent to an activating group) is 1. The molecule has 0 fully saturated rings. The van der Waals surface area contributed by atoms with Gasteiger partial charge in [0.05, 0.1) is 27.7 Å². The highest BCUT2D eigenvalue weighted by molar-refractivity contribution is 7.47. The summed E-state index contributed by atoms with van der Waals surface area (Å²) in [4.78, 5) is 35.1. The Balaban J connectivity index is 4.52. The maximum Gasteiger partial charge on any atom is 0.472 e. The Morgan fingerprint density at radius 2 is 1.16 bits per heavy atom. The van der Waals surface area contributed by atoms with Crippen molar-refractivity contribution < 1.29 is 42.1 Å². The van der Waals surface area contributed by atoms with Gasteiger partial charge in [-0.05, 0) is 51.4 Å². The molecule has 0 spiro atoms. The standard InChI is InChI=1S/C40H70NO8P/c1-6-8-10-12-14-16-18-19-20-21-23-25-27-29-31-33-40(43)49-38(37-48-50(44,45)47-35-34-41(3,4)5)36-46-39(42)32-30-28-26-24-22-17-15-13-11-9-7-2/h8,10,12-16,18-20,38H,6-7,9,11,17,21-37H2,1-5H3/p+1/b10-8+,14-12+,15-13+,18-16+,20-19+/t38-/m1/s1. The van der Waals surface area contributed by atoms with E-state index in [1.165, 1.54) is 12.8 Å². The lowest BCUT2D eigenvalue weighted by Gasteiger charge is -2.24. The number of hydrogen-bond donors (Lipinski definition) is 1. The lowest BCUT2D eigenvalue weighted by molar-refractivity contribution is -0.870. The van der Waals surface area contributed by atoms with E-state index in [4.69, 9.17) is 18.5 Å². The number of allylic oxidation sites excluding steroid dienone is 10. The molecule has 0 rings (SSSR count). The number of hydrogen-bond acceptors (Lipinski definition) is 7. The van der Waals surface area contributed by atoms with Crippen LogP contribution in [0.25, 0.3) is 0 Å². The van der Waals surface area contributed by atoms with Gasteiger partial charge in [-0.3, -0.25) is 18.6 Å². The van der Waals surface area contributed by atoms with Gasteiger partial charge in [0.2, 0.25) is 0 Å². The summed E-state index contributed by atoms with van der Waals surface area (Å²) in [5.74, 6) is -0.846. The van der Waals surface area contributed by atoms with E-state index in [2.05, 4.69) is 44.2 Å². The number of esters is 2. The maximum atomic E-state index is 12.6. The molecule has 10 heteroatoms. The molecule has 0 saturated heterocycles. The Morgan fingerprint density at radius 1 is 0.640 bits per heavy atom. The first-order valence-corrected chi connectivity index (χ1v) is 20.6. The molecule has 0 amide bonds. The van der Waals surface area contributed by atoms with E-state index in [-0.39, 0.29) is 32.0 Å². The van der Waals surface area contributed by atoms with Gasteiger partial charge >= 0.3 is 19.8 Å². The third kappa shape index (κ3) is 35.5. The normalized spacial score (nSPS) is 14.4. The van der Waals surface area contributed by atoms with Crippen LogP contribution in [-0.2, 0) is 32.7 Å². The molecule has 0 aliphatic carbocycles. The highest BCUT2D eigenvalue weighted by Gasteiger charge is 2.27. The predicted octanol–water partition coefficient (Wildman–Crippen LogP) is 10.1. The van der Waals surface area contributed by atoms with Gasteiger partial charge in [-0.1, -0.05) is 126 Å². The Morgan fingerprint density at radius 3 is 1.76 bits per heavy atom. The molecule has 0 radical (unpaired) electrons. The van der Waals surface area contributed by atoms with Gasteiger partial charge in [-0.25, -0.2) is 4.57 Å². The molecular formula is C40H71NO8P+. The number of phosphoric acid groups is 1. The van der Waals surface area contributed by atoms with Crippen LogP contribution in [0.2, 0.25) is 0 Å². The van der Waals surface area contributed by atoms with Crippen molar-refractivity contribution in [1.82, 2.24) is 0 Å². The molecule has 2 atom stereocenters. The number of rotatable bonds is 33. The molecule has 0 saturated carbocycles. The highest BCUT2D eigenvalue weighted by atomic mass is 31.2. The Labute approximate surface area is 305 Å². The zero-order valence-electron chi connectivity index (χ0n) is 32.1. The van der Waals surface area contributed by atoms with E-state index in [9.17, 15) is 19.0 Å². The molecule has 288 valence electrons. The summed E-state index contributed by atoms with van der Waals surface area (Å²) in [5.41, 5.74) is 0. The fraction of sp³-hybridized carbons (Fsp3) is 0.700. The van der Waals surface area contributed by atoms with E-state index >= 15 is 0 Å². The molecule has 0 aromatic rings. The van der Waals surface area contributed by atoms with Gasteiger partial charge in [-0.2, -0.15) is 0 Å². The van der Waals surface area contributed by atoms with Crippen molar-refractivity contribution in [1.29, 1.82) is 0 Å². The van der Waals surface area contributed by atoms with Crippen LogP contribution in [0.15, 0.2) is 60.8 Å². The molecule has 0 aromatic carbocycles. The molecule has 0 aliphatic rings. The summed E-state index contributed by atoms with van der Waals surface area (Å²) in [6.07, 6.45) is 37.0. The van der Waals surface area contributed by atoms with Crippen molar-refractivity contribution in [3.05, 3.63) is 60.8 Å². The summed E-state index contributed by atoms with van der Waals surface area (Å²) in [7, 11) is 1.44. The number of quaternary nitrogens is 1. The van der Waals surface area contributed by atoms with Crippen LogP contribution in [0.3, 0.4) is 0 Å². The molecule has 0 bridgehead atoms. The first kappa shape index (κ1) is 47.7. The van der Waals surface area contributed by atoms with Gasteiger partial charge in [0.1, 0.15) is 19.8 Å². The van der Waals surface area contributed by atoms with E-state index in [0.717, 1.165) is 83.5 Å². The Hall–Kier alpha value is -2.29. The number of unbranched alkanes of at least 4 members (excludes halogenated alkanes) is 12. The minimum absolute atomic E-state index is 0.0223. The average Bonchev–Trinajstić information content (AvgIpc) is 3.06. The fourth-order valence-electron chi connectivity index (χ4n) is 4.59. The van der Waals surface area contributed by atoms with Gasteiger partial charge in [0.15, 0.2) is 6.10 Å². The van der Waals surface area contributed by atoms with Crippen LogP contribution in [0.1, 0.15) is 129 Å². The zero-order chi connectivity index (χ0) is 37.2. The maximum absolute atomic E-state index is 12.6. The van der Waals surface area contributed by atoms with Crippen LogP contribution in [0.4, 0.5) is 0 Å². The van der Waals surface area contributed by atoms with E-state index in [1.54, 1.807) is 0 Å². The third-order valence-corrected chi connectivity index (χ3v) is 8.61. The quantitative estimate of drug-likeness (QED) is 0.0178. The smallest absolute Gasteiger partial charge is 0.462 e. The summed E-state index contributed by atoms with van der Waals surface area (Å²) in [6, 6.07) is 0. The number of ether oxygens (including phenoxy) is 2. The number of nitrogens with zero attached hydrogens (tertiary/aromatic N) is 1. The second-order valence-electron chi connectivity index (χ2n) is 13.7. The minimum Gasteiger partial charge on any atom is -0.462 e. The summed E-state index contributed by atoms with van der Waals surface area (Å²) < 4.78 is 34.1. The lowest BCUT2D eigenvalue weighted by atomic mass is 10.1. The molecule has 0 aliphatic heterocycles. The van der Waals surface area contributed by atoms with Gasteiger partial charge in [0.25, 0.3) is 0 Å². The monoisotopic (exact) mass is 724 g/mol. The SMILES string of the molecule is CC/C=C/C=C/C=C/C=C/CCCCCCCC(=O)O[C@H](COC(=O)CCCCCCC/C=C/CCCC)COP(=O)(O)OCC[N+](C)(C)C. The van der Waals surface area contributed by atoms with Crippen molar-refractivity contribution >= 4 is 19.8 Å². The van der Waals surface area contributed by atoms with Crippen molar-refractivity contribution in [2.75, 3.05) is 47.5 Å². The average molecular weight is 725 g/mol. The highest BCUT2D eigenvalue weighted by Crippen LogP contribution is 2.43. The van der Waals surface area contributed by atoms with Crippen LogP contribution >= 0.6 is 7.82 Å². The predicted molar refractivity (Wildman–Crippen MR) is 206 cm³/mol. The number of phosphoric ester groups is 1. The summed E-state index contributed by atoms with van der Waals surface area (Å²) in [6.45, 7) is 4.17. The molecular weight excluding hydrogens is 653 g/mol. The van der Waals surface area contributed by atoms with Crippen molar-refractivity contribution in [2.24, 2.45) is 0 Å². The van der Waals surface area contributed by atoms with E-state index in [1.807, 2.05) is 51.5 Å². The van der Waals surface area contributed by atoms with E-state index < -0.39 is 26.5 Å². The van der Waals surface area contributed by atoms with Crippen molar-refractivity contribution in [2.45, 2.75) is 136 Å². The van der Waals surface area contributed by atoms with Crippen molar-refractivity contribution in [3.63, 3.8) is 0 Å². The van der Waals surface area contributed by atoms with Crippen LogP contribution in [-0.4, -0.2) is 74.9 Å². The second-order valence-corrected chi connectivity index (χ2v) is 15.1. The largest absolute Gasteiger partial charge is 0.472 e. The molecule has 1 unspecified atom stereocenters. The van der Waals surface area contributed by atoms with E-state index in [0.29, 0.717) is 17.4 Å². The molecule has 50 heavy (non-hydrogen) atoms. The van der Waals surface area contributed by atoms with Gasteiger partial charge in [-0.15, -0.1) is 0 Å². The van der Waals surface area contributed by atoms with Crippen LogP contribution in [0.5, 0.6) is 0 Å². The zero-order valence-corrected chi connectivity index (χ0v) is 33.0. The first-order valence-electron chi connectivity index (χ1n) is 19.1. The number of carbonyl (C=O) groups excluding carboxylic acids is 2.